The largest absolute Gasteiger partial charge is 0.325 e. The van der Waals surface area contributed by atoms with Gasteiger partial charge in [-0.3, -0.25) is 14.7 Å². The summed E-state index contributed by atoms with van der Waals surface area (Å²) in [5.41, 5.74) is 7.68. The Kier molecular flexibility index (Phi) is 3.43. The third-order valence-electron chi connectivity index (χ3n) is 2.87. The summed E-state index contributed by atoms with van der Waals surface area (Å²) in [6.45, 7) is 2.10. The fourth-order valence-corrected chi connectivity index (χ4v) is 1.85. The second kappa shape index (κ2) is 5.01. The molecule has 1 aromatic heterocycles. The Morgan fingerprint density at radius 3 is 2.78 bits per heavy atom. The third-order valence-corrected chi connectivity index (χ3v) is 2.87. The zero-order valence-electron chi connectivity index (χ0n) is 10.1. The molecule has 0 aliphatic carbocycles. The van der Waals surface area contributed by atoms with Crippen molar-refractivity contribution < 1.29 is 4.79 Å². The van der Waals surface area contributed by atoms with Crippen LogP contribution in [0.1, 0.15) is 21.6 Å². The number of nitrogens with two attached hydrogens (primary N) is 1. The SMILES string of the molecule is Cc1ccccc1CC(=O)n1[nH]c(=O)cc1CN. The summed E-state index contributed by atoms with van der Waals surface area (Å²) in [5, 5.41) is 2.47. The lowest BCUT2D eigenvalue weighted by Gasteiger charge is -2.07. The van der Waals surface area contributed by atoms with E-state index in [0.29, 0.717) is 5.69 Å². The number of hydrogen-bond donors (Lipinski definition) is 2. The maximum atomic E-state index is 12.1. The topological polar surface area (TPSA) is 80.9 Å². The van der Waals surface area contributed by atoms with Crippen LogP contribution in [0, 0.1) is 6.92 Å². The average Bonchev–Trinajstić information content (AvgIpc) is 2.73. The van der Waals surface area contributed by atoms with Gasteiger partial charge in [-0.25, -0.2) is 4.68 Å². The summed E-state index contributed by atoms with van der Waals surface area (Å²) in [6.07, 6.45) is 0.240. The molecular formula is C13H15N3O2. The van der Waals surface area contributed by atoms with Crippen molar-refractivity contribution in [3.05, 3.63) is 57.5 Å². The van der Waals surface area contributed by atoms with E-state index in [1.54, 1.807) is 0 Å². The van der Waals surface area contributed by atoms with Gasteiger partial charge in [0.25, 0.3) is 5.56 Å². The summed E-state index contributed by atoms with van der Waals surface area (Å²) < 4.78 is 1.23. The summed E-state index contributed by atoms with van der Waals surface area (Å²) in [5.74, 6) is -0.188. The van der Waals surface area contributed by atoms with Crippen molar-refractivity contribution in [1.29, 1.82) is 0 Å². The fraction of sp³-hybridized carbons (Fsp3) is 0.231. The standard InChI is InChI=1S/C13H15N3O2/c1-9-4-2-3-5-10(9)6-13(18)16-11(8-14)7-12(17)15-16/h2-5,7H,6,8,14H2,1H3,(H,15,17). The van der Waals surface area contributed by atoms with E-state index in [4.69, 9.17) is 5.73 Å². The van der Waals surface area contributed by atoms with Crippen molar-refractivity contribution in [2.24, 2.45) is 5.73 Å². The number of H-pyrrole nitrogens is 1. The quantitative estimate of drug-likeness (QED) is 0.840. The molecule has 0 bridgehead atoms. The maximum absolute atomic E-state index is 12.1. The van der Waals surface area contributed by atoms with Crippen molar-refractivity contribution in [3.63, 3.8) is 0 Å². The molecule has 0 aliphatic heterocycles. The molecule has 0 unspecified atom stereocenters. The van der Waals surface area contributed by atoms with Crippen LogP contribution in [0.5, 0.6) is 0 Å². The Balaban J connectivity index is 2.27. The van der Waals surface area contributed by atoms with E-state index in [1.165, 1.54) is 10.7 Å². The number of hydrogen-bond acceptors (Lipinski definition) is 3. The Morgan fingerprint density at radius 2 is 2.11 bits per heavy atom. The molecule has 1 heterocycles. The van der Waals surface area contributed by atoms with Crippen LogP contribution in [0.25, 0.3) is 0 Å². The highest BCUT2D eigenvalue weighted by atomic mass is 16.2. The Labute approximate surface area is 104 Å². The number of aromatic amines is 1. The van der Waals surface area contributed by atoms with Gasteiger partial charge in [-0.2, -0.15) is 0 Å². The van der Waals surface area contributed by atoms with Gasteiger partial charge in [-0.15, -0.1) is 0 Å². The fourth-order valence-electron chi connectivity index (χ4n) is 1.85. The molecule has 0 atom stereocenters. The number of carbonyl (C=O) groups excluding carboxylic acids is 1. The van der Waals surface area contributed by atoms with Crippen LogP contribution in [0.2, 0.25) is 0 Å². The molecule has 1 aromatic carbocycles. The van der Waals surface area contributed by atoms with Crippen LogP contribution in [0.3, 0.4) is 0 Å². The predicted octanol–water partition coefficient (Wildman–Crippen LogP) is 0.826. The molecular weight excluding hydrogens is 230 g/mol. The number of aromatic nitrogens is 2. The van der Waals surface area contributed by atoms with Gasteiger partial charge in [0, 0.05) is 12.6 Å². The molecule has 2 aromatic rings. The number of carbonyl (C=O) groups is 1. The van der Waals surface area contributed by atoms with Gasteiger partial charge in [0.15, 0.2) is 0 Å². The van der Waals surface area contributed by atoms with E-state index in [1.807, 2.05) is 31.2 Å². The van der Waals surface area contributed by atoms with Gasteiger partial charge in [-0.1, -0.05) is 24.3 Å². The van der Waals surface area contributed by atoms with Crippen molar-refractivity contribution in [2.45, 2.75) is 19.9 Å². The first kappa shape index (κ1) is 12.3. The number of nitrogens with one attached hydrogen (secondary N) is 1. The molecule has 2 rings (SSSR count). The Morgan fingerprint density at radius 1 is 1.39 bits per heavy atom. The maximum Gasteiger partial charge on any atom is 0.264 e. The molecule has 0 radical (unpaired) electrons. The predicted molar refractivity (Wildman–Crippen MR) is 68.5 cm³/mol. The lowest BCUT2D eigenvalue weighted by molar-refractivity contribution is 0.0894. The number of benzene rings is 1. The molecule has 0 amide bonds. The second-order valence-corrected chi connectivity index (χ2v) is 4.15. The van der Waals surface area contributed by atoms with Gasteiger partial charge in [0.05, 0.1) is 12.1 Å². The minimum absolute atomic E-state index is 0.151. The molecule has 0 aliphatic rings. The first-order chi connectivity index (χ1) is 8.61. The van der Waals surface area contributed by atoms with Crippen molar-refractivity contribution in [1.82, 2.24) is 9.78 Å². The molecule has 94 valence electrons. The number of rotatable bonds is 3. The van der Waals surface area contributed by atoms with Crippen LogP contribution in [0.15, 0.2) is 35.1 Å². The first-order valence-electron chi connectivity index (χ1n) is 5.70. The summed E-state index contributed by atoms with van der Waals surface area (Å²) in [6, 6.07) is 9.00. The van der Waals surface area contributed by atoms with Crippen molar-refractivity contribution >= 4 is 5.91 Å². The second-order valence-electron chi connectivity index (χ2n) is 4.15. The van der Waals surface area contributed by atoms with E-state index < -0.39 is 0 Å². The lowest BCUT2D eigenvalue weighted by atomic mass is 10.1. The third kappa shape index (κ3) is 2.41. The smallest absolute Gasteiger partial charge is 0.264 e. The molecule has 0 spiro atoms. The molecule has 0 saturated carbocycles. The normalized spacial score (nSPS) is 10.6. The van der Waals surface area contributed by atoms with E-state index in [2.05, 4.69) is 5.10 Å². The van der Waals surface area contributed by atoms with Gasteiger partial charge in [0.2, 0.25) is 5.91 Å². The summed E-state index contributed by atoms with van der Waals surface area (Å²) in [4.78, 5) is 23.3. The van der Waals surface area contributed by atoms with Crippen molar-refractivity contribution in [2.75, 3.05) is 0 Å². The monoisotopic (exact) mass is 245 g/mol. The molecule has 3 N–H and O–H groups in total. The van der Waals surface area contributed by atoms with Gasteiger partial charge in [-0.05, 0) is 18.1 Å². The van der Waals surface area contributed by atoms with Crippen LogP contribution < -0.4 is 11.3 Å². The molecule has 0 fully saturated rings. The van der Waals surface area contributed by atoms with E-state index in [9.17, 15) is 9.59 Å². The van der Waals surface area contributed by atoms with Gasteiger partial charge >= 0.3 is 0 Å². The van der Waals surface area contributed by atoms with E-state index >= 15 is 0 Å². The highest BCUT2D eigenvalue weighted by Crippen LogP contribution is 2.09. The minimum atomic E-state index is -0.311. The van der Waals surface area contributed by atoms with Crippen LogP contribution in [-0.2, 0) is 13.0 Å². The number of nitrogens with zero attached hydrogens (tertiary/aromatic N) is 1. The number of aryl methyl sites for hydroxylation is 1. The molecule has 0 saturated heterocycles. The van der Waals surface area contributed by atoms with E-state index in [-0.39, 0.29) is 24.4 Å². The zero-order chi connectivity index (χ0) is 13.1. The summed E-state index contributed by atoms with van der Waals surface area (Å²) >= 11 is 0. The Hall–Kier alpha value is -2.14. The van der Waals surface area contributed by atoms with E-state index in [0.717, 1.165) is 11.1 Å². The van der Waals surface area contributed by atoms with Crippen molar-refractivity contribution in [3.8, 4) is 0 Å². The highest BCUT2D eigenvalue weighted by molar-refractivity contribution is 5.81. The summed E-state index contributed by atoms with van der Waals surface area (Å²) in [7, 11) is 0. The zero-order valence-corrected chi connectivity index (χ0v) is 10.1. The van der Waals surface area contributed by atoms with Gasteiger partial charge < -0.3 is 5.73 Å². The molecule has 18 heavy (non-hydrogen) atoms. The lowest BCUT2D eigenvalue weighted by Crippen LogP contribution is -2.20. The molecule has 5 heteroatoms. The molecule has 5 nitrogen and oxygen atoms in total. The van der Waals surface area contributed by atoms with Crippen LogP contribution in [-0.4, -0.2) is 15.7 Å². The van der Waals surface area contributed by atoms with Gasteiger partial charge in [0.1, 0.15) is 0 Å². The Bertz CT molecular complexity index is 625. The highest BCUT2D eigenvalue weighted by Gasteiger charge is 2.12. The first-order valence-corrected chi connectivity index (χ1v) is 5.70. The minimum Gasteiger partial charge on any atom is -0.325 e. The van der Waals surface area contributed by atoms with Crippen LogP contribution in [0.4, 0.5) is 0 Å². The average molecular weight is 245 g/mol. The van der Waals surface area contributed by atoms with Crippen LogP contribution >= 0.6 is 0 Å².